The van der Waals surface area contributed by atoms with E-state index in [2.05, 4.69) is 48.3 Å². The van der Waals surface area contributed by atoms with Gasteiger partial charge in [0, 0.05) is 36.5 Å². The van der Waals surface area contributed by atoms with Crippen molar-refractivity contribution in [3.8, 4) is 11.5 Å². The Balaban J connectivity index is 1.63. The number of carbonyl (C=O) groups is 1. The van der Waals surface area contributed by atoms with Crippen molar-refractivity contribution < 1.29 is 14.3 Å². The number of rotatable bonds is 9. The van der Waals surface area contributed by atoms with Gasteiger partial charge in [0.15, 0.2) is 0 Å². The van der Waals surface area contributed by atoms with Crippen molar-refractivity contribution in [1.82, 2.24) is 4.90 Å². The van der Waals surface area contributed by atoms with Crippen molar-refractivity contribution in [3.63, 3.8) is 0 Å². The van der Waals surface area contributed by atoms with Crippen LogP contribution in [0.25, 0.3) is 0 Å². The van der Waals surface area contributed by atoms with E-state index >= 15 is 0 Å². The van der Waals surface area contributed by atoms with Gasteiger partial charge in [-0.15, -0.1) is 0 Å². The Labute approximate surface area is 167 Å². The van der Waals surface area contributed by atoms with Gasteiger partial charge in [-0.25, -0.2) is 0 Å². The van der Waals surface area contributed by atoms with Crippen LogP contribution in [-0.4, -0.2) is 37.6 Å². The molecule has 1 saturated carbocycles. The van der Waals surface area contributed by atoms with E-state index < -0.39 is 0 Å². The van der Waals surface area contributed by atoms with Gasteiger partial charge in [-0.3, -0.25) is 9.69 Å². The summed E-state index contributed by atoms with van der Waals surface area (Å²) in [5.41, 5.74) is 3.26. The van der Waals surface area contributed by atoms with E-state index in [1.807, 2.05) is 0 Å². The summed E-state index contributed by atoms with van der Waals surface area (Å²) < 4.78 is 10.5. The third-order valence-corrected chi connectivity index (χ3v) is 5.08. The zero-order chi connectivity index (χ0) is 20.1. The first-order chi connectivity index (χ1) is 13.5. The molecule has 0 aromatic heterocycles. The number of anilines is 1. The smallest absolute Gasteiger partial charge is 0.238 e. The minimum atomic E-state index is -0.0268. The van der Waals surface area contributed by atoms with E-state index in [1.165, 1.54) is 11.1 Å². The average molecular weight is 383 g/mol. The lowest BCUT2D eigenvalue weighted by Gasteiger charge is -2.22. The van der Waals surface area contributed by atoms with E-state index in [0.717, 1.165) is 19.4 Å². The zero-order valence-electron chi connectivity index (χ0n) is 17.2. The number of carbonyl (C=O) groups excluding carboxylic acids is 1. The van der Waals surface area contributed by atoms with Crippen molar-refractivity contribution in [2.45, 2.75) is 45.2 Å². The van der Waals surface area contributed by atoms with Crippen LogP contribution >= 0.6 is 0 Å². The molecule has 1 aliphatic carbocycles. The fourth-order valence-corrected chi connectivity index (χ4v) is 3.26. The van der Waals surface area contributed by atoms with Gasteiger partial charge in [-0.05, 0) is 29.9 Å². The van der Waals surface area contributed by atoms with Crippen LogP contribution in [0.4, 0.5) is 5.69 Å². The van der Waals surface area contributed by atoms with Gasteiger partial charge in [0.1, 0.15) is 11.5 Å². The molecule has 1 amide bonds. The Bertz CT molecular complexity index is 776. The predicted molar refractivity (Wildman–Crippen MR) is 112 cm³/mol. The van der Waals surface area contributed by atoms with E-state index in [1.54, 1.807) is 32.4 Å². The molecule has 0 heterocycles. The van der Waals surface area contributed by atoms with Crippen LogP contribution in [0.2, 0.25) is 0 Å². The normalized spacial score (nSPS) is 13.6. The Morgan fingerprint density at radius 3 is 2.18 bits per heavy atom. The molecule has 150 valence electrons. The van der Waals surface area contributed by atoms with Crippen molar-refractivity contribution in [2.75, 3.05) is 26.1 Å². The molecule has 0 aliphatic heterocycles. The average Bonchev–Trinajstić information content (AvgIpc) is 3.52. The van der Waals surface area contributed by atoms with Crippen molar-refractivity contribution in [1.29, 1.82) is 0 Å². The van der Waals surface area contributed by atoms with Crippen molar-refractivity contribution >= 4 is 11.6 Å². The second-order valence-corrected chi connectivity index (χ2v) is 7.68. The highest BCUT2D eigenvalue weighted by Gasteiger charge is 2.30. The lowest BCUT2D eigenvalue weighted by molar-refractivity contribution is -0.117. The van der Waals surface area contributed by atoms with Crippen LogP contribution in [0.1, 0.15) is 43.7 Å². The lowest BCUT2D eigenvalue weighted by Crippen LogP contribution is -2.34. The molecule has 3 rings (SSSR count). The highest BCUT2D eigenvalue weighted by Crippen LogP contribution is 2.29. The topological polar surface area (TPSA) is 50.8 Å². The van der Waals surface area contributed by atoms with Crippen LogP contribution in [0.15, 0.2) is 42.5 Å². The molecular formula is C23H30N2O3. The Hall–Kier alpha value is -2.53. The van der Waals surface area contributed by atoms with E-state index in [-0.39, 0.29) is 5.91 Å². The number of nitrogens with zero attached hydrogens (tertiary/aromatic N) is 1. The van der Waals surface area contributed by atoms with Gasteiger partial charge in [-0.2, -0.15) is 0 Å². The second kappa shape index (κ2) is 9.11. The molecule has 0 bridgehead atoms. The minimum absolute atomic E-state index is 0.0268. The number of benzene rings is 2. The zero-order valence-corrected chi connectivity index (χ0v) is 17.2. The number of hydrogen-bond acceptors (Lipinski definition) is 4. The third kappa shape index (κ3) is 5.49. The molecule has 2 aromatic carbocycles. The number of methoxy groups -OCH3 is 2. The maximum absolute atomic E-state index is 12.7. The summed E-state index contributed by atoms with van der Waals surface area (Å²) in [6, 6.07) is 14.6. The molecule has 28 heavy (non-hydrogen) atoms. The molecular weight excluding hydrogens is 352 g/mol. The highest BCUT2D eigenvalue weighted by atomic mass is 16.5. The van der Waals surface area contributed by atoms with Crippen molar-refractivity contribution in [2.24, 2.45) is 0 Å². The van der Waals surface area contributed by atoms with Crippen LogP contribution in [0.3, 0.4) is 0 Å². The third-order valence-electron chi connectivity index (χ3n) is 5.08. The number of nitrogens with one attached hydrogen (secondary N) is 1. The Morgan fingerprint density at radius 1 is 1.07 bits per heavy atom. The number of amides is 1. The summed E-state index contributed by atoms with van der Waals surface area (Å²) in [5.74, 6) is 1.80. The van der Waals surface area contributed by atoms with Gasteiger partial charge in [0.2, 0.25) is 5.91 Å². The van der Waals surface area contributed by atoms with Crippen LogP contribution in [0.5, 0.6) is 11.5 Å². The largest absolute Gasteiger partial charge is 0.497 e. The monoisotopic (exact) mass is 382 g/mol. The molecule has 1 aliphatic rings. The summed E-state index contributed by atoms with van der Waals surface area (Å²) in [6.45, 7) is 5.56. The molecule has 0 spiro atoms. The van der Waals surface area contributed by atoms with Crippen LogP contribution in [-0.2, 0) is 11.3 Å². The number of ether oxygens (including phenoxy) is 2. The van der Waals surface area contributed by atoms with Gasteiger partial charge in [-0.1, -0.05) is 38.1 Å². The summed E-state index contributed by atoms with van der Waals surface area (Å²) in [4.78, 5) is 14.9. The van der Waals surface area contributed by atoms with Crippen LogP contribution in [0, 0.1) is 0 Å². The maximum Gasteiger partial charge on any atom is 0.238 e. The number of hydrogen-bond donors (Lipinski definition) is 1. The molecule has 5 heteroatoms. The molecule has 1 N–H and O–H groups in total. The fraction of sp³-hybridized carbons (Fsp3) is 0.435. The molecule has 0 unspecified atom stereocenters. The van der Waals surface area contributed by atoms with Gasteiger partial charge < -0.3 is 14.8 Å². The second-order valence-electron chi connectivity index (χ2n) is 7.68. The molecule has 0 atom stereocenters. The fourth-order valence-electron chi connectivity index (χ4n) is 3.26. The first kappa shape index (κ1) is 20.2. The molecule has 1 fully saturated rings. The first-order valence-electron chi connectivity index (χ1n) is 9.84. The molecule has 5 nitrogen and oxygen atoms in total. The molecule has 0 saturated heterocycles. The summed E-state index contributed by atoms with van der Waals surface area (Å²) in [7, 11) is 3.19. The minimum Gasteiger partial charge on any atom is -0.497 e. The maximum atomic E-state index is 12.7. The van der Waals surface area contributed by atoms with E-state index in [4.69, 9.17) is 9.47 Å². The van der Waals surface area contributed by atoms with Gasteiger partial charge in [0.05, 0.1) is 20.8 Å². The summed E-state index contributed by atoms with van der Waals surface area (Å²) >= 11 is 0. The van der Waals surface area contributed by atoms with E-state index in [0.29, 0.717) is 35.7 Å². The quantitative estimate of drug-likeness (QED) is 0.697. The van der Waals surface area contributed by atoms with Gasteiger partial charge >= 0.3 is 0 Å². The predicted octanol–water partition coefficient (Wildman–Crippen LogP) is 4.43. The Morgan fingerprint density at radius 2 is 1.68 bits per heavy atom. The summed E-state index contributed by atoms with van der Waals surface area (Å²) in [5, 5.41) is 2.97. The standard InChI is InChI=1S/C23H30N2O3/c1-16(2)18-7-5-17(6-8-18)14-25(20-9-10-20)15-23(26)24-19-11-21(27-3)13-22(12-19)28-4/h5-8,11-13,16,20H,9-10,14-15H2,1-4H3,(H,24,26). The summed E-state index contributed by atoms with van der Waals surface area (Å²) in [6.07, 6.45) is 2.31. The molecule has 2 aromatic rings. The first-order valence-corrected chi connectivity index (χ1v) is 9.84. The van der Waals surface area contributed by atoms with E-state index in [9.17, 15) is 4.79 Å². The molecule has 0 radical (unpaired) electrons. The SMILES string of the molecule is COc1cc(NC(=O)CN(Cc2ccc(C(C)C)cc2)C2CC2)cc(OC)c1. The van der Waals surface area contributed by atoms with Gasteiger partial charge in [0.25, 0.3) is 0 Å². The van der Waals surface area contributed by atoms with Crippen LogP contribution < -0.4 is 14.8 Å². The lowest BCUT2D eigenvalue weighted by atomic mass is 10.0. The van der Waals surface area contributed by atoms with Crippen molar-refractivity contribution in [3.05, 3.63) is 53.6 Å². The Kier molecular flexibility index (Phi) is 6.57. The highest BCUT2D eigenvalue weighted by molar-refractivity contribution is 5.92.